The fourth-order valence-electron chi connectivity index (χ4n) is 2.47. The van der Waals surface area contributed by atoms with Gasteiger partial charge in [0.15, 0.2) is 0 Å². The molecule has 6 heteroatoms. The lowest BCUT2D eigenvalue weighted by atomic mass is 10.1. The summed E-state index contributed by atoms with van der Waals surface area (Å²) in [5.74, 6) is 0.853. The number of hydrogen-bond acceptors (Lipinski definition) is 3. The van der Waals surface area contributed by atoms with Gasteiger partial charge in [-0.05, 0) is 12.8 Å². The Kier molecular flexibility index (Phi) is 5.54. The summed E-state index contributed by atoms with van der Waals surface area (Å²) in [4.78, 5) is 23.6. The van der Waals surface area contributed by atoms with E-state index >= 15 is 0 Å². The third kappa shape index (κ3) is 4.18. The summed E-state index contributed by atoms with van der Waals surface area (Å²) >= 11 is 0. The fraction of sp³-hybridized carbons (Fsp3) is 0.533. The second-order valence-corrected chi connectivity index (χ2v) is 5.16. The molecule has 0 spiro atoms. The van der Waals surface area contributed by atoms with Gasteiger partial charge < -0.3 is 14.9 Å². The van der Waals surface area contributed by atoms with Gasteiger partial charge in [0, 0.05) is 37.3 Å². The highest BCUT2D eigenvalue weighted by Crippen LogP contribution is 2.19. The first-order chi connectivity index (χ1) is 10.2. The predicted octanol–water partition coefficient (Wildman–Crippen LogP) is 2.61. The van der Waals surface area contributed by atoms with Crippen LogP contribution in [0.25, 0.3) is 0 Å². The molecule has 0 aliphatic carbocycles. The molecule has 0 bridgehead atoms. The maximum Gasteiger partial charge on any atom is 0.222 e. The van der Waals surface area contributed by atoms with Crippen LogP contribution in [0.5, 0.6) is 0 Å². The van der Waals surface area contributed by atoms with E-state index in [2.05, 4.69) is 27.2 Å². The first kappa shape index (κ1) is 15.3. The molecule has 0 radical (unpaired) electrons. The molecule has 2 atom stereocenters. The average molecular weight is 289 g/mol. The Morgan fingerprint density at radius 3 is 2.86 bits per heavy atom. The number of amides is 1. The largest absolute Gasteiger partial charge is 0.347 e. The van der Waals surface area contributed by atoms with E-state index < -0.39 is 0 Å². The average Bonchev–Trinajstić information content (AvgIpc) is 3.17. The van der Waals surface area contributed by atoms with Gasteiger partial charge in [-0.25, -0.2) is 9.97 Å². The Bertz CT molecular complexity index is 520. The van der Waals surface area contributed by atoms with Crippen LogP contribution in [-0.2, 0) is 4.79 Å². The zero-order valence-corrected chi connectivity index (χ0v) is 12.6. The minimum Gasteiger partial charge on any atom is -0.347 e. The standard InChI is InChI=1S/C15H23N5O/c1-3-5-12(20-9-8-16-11-20)10-14(21)19-13(4-2)15-17-6-7-18-15/h6-9,11-13H,3-5,10H2,1-2H3,(H,17,18)(H,19,21). The highest BCUT2D eigenvalue weighted by atomic mass is 16.1. The first-order valence-corrected chi connectivity index (χ1v) is 7.50. The van der Waals surface area contributed by atoms with Crippen LogP contribution in [-0.4, -0.2) is 25.4 Å². The number of aromatic amines is 1. The van der Waals surface area contributed by atoms with Crippen molar-refractivity contribution in [2.45, 2.75) is 51.6 Å². The predicted molar refractivity (Wildman–Crippen MR) is 80.6 cm³/mol. The smallest absolute Gasteiger partial charge is 0.222 e. The molecule has 2 unspecified atom stereocenters. The second kappa shape index (κ2) is 7.61. The number of aromatic nitrogens is 4. The SMILES string of the molecule is CCCC(CC(=O)NC(CC)c1ncc[nH]1)n1ccnc1. The van der Waals surface area contributed by atoms with Crippen LogP contribution >= 0.6 is 0 Å². The zero-order chi connectivity index (χ0) is 15.1. The molecule has 1 amide bonds. The molecule has 21 heavy (non-hydrogen) atoms. The molecule has 0 saturated carbocycles. The van der Waals surface area contributed by atoms with Gasteiger partial charge in [-0.2, -0.15) is 0 Å². The Morgan fingerprint density at radius 1 is 1.43 bits per heavy atom. The van der Waals surface area contributed by atoms with Crippen molar-refractivity contribution in [1.29, 1.82) is 0 Å². The summed E-state index contributed by atoms with van der Waals surface area (Å²) in [5, 5.41) is 3.05. The number of imidazole rings is 2. The lowest BCUT2D eigenvalue weighted by Gasteiger charge is -2.20. The molecule has 0 aliphatic heterocycles. The second-order valence-electron chi connectivity index (χ2n) is 5.16. The van der Waals surface area contributed by atoms with Crippen LogP contribution in [0, 0.1) is 0 Å². The van der Waals surface area contributed by atoms with Gasteiger partial charge >= 0.3 is 0 Å². The van der Waals surface area contributed by atoms with E-state index in [1.165, 1.54) is 0 Å². The number of H-pyrrole nitrogens is 1. The van der Waals surface area contributed by atoms with Crippen molar-refractivity contribution in [2.24, 2.45) is 0 Å². The van der Waals surface area contributed by atoms with Crippen molar-refractivity contribution in [3.8, 4) is 0 Å². The maximum atomic E-state index is 12.3. The third-order valence-electron chi connectivity index (χ3n) is 3.58. The number of nitrogens with one attached hydrogen (secondary N) is 2. The molecule has 6 nitrogen and oxygen atoms in total. The number of hydrogen-bond donors (Lipinski definition) is 2. The molecule has 2 heterocycles. The van der Waals surface area contributed by atoms with Crippen molar-refractivity contribution in [3.05, 3.63) is 36.9 Å². The number of rotatable bonds is 8. The van der Waals surface area contributed by atoms with Gasteiger partial charge in [0.1, 0.15) is 5.82 Å². The quantitative estimate of drug-likeness (QED) is 0.784. The lowest BCUT2D eigenvalue weighted by molar-refractivity contribution is -0.122. The van der Waals surface area contributed by atoms with Crippen LogP contribution in [0.1, 0.15) is 57.4 Å². The Labute approximate surface area is 125 Å². The highest BCUT2D eigenvalue weighted by molar-refractivity contribution is 5.76. The van der Waals surface area contributed by atoms with E-state index in [4.69, 9.17) is 0 Å². The van der Waals surface area contributed by atoms with Crippen LogP contribution in [0.2, 0.25) is 0 Å². The maximum absolute atomic E-state index is 12.3. The Balaban J connectivity index is 1.95. The van der Waals surface area contributed by atoms with E-state index in [-0.39, 0.29) is 18.0 Å². The molecular weight excluding hydrogens is 266 g/mol. The van der Waals surface area contributed by atoms with Gasteiger partial charge in [-0.3, -0.25) is 4.79 Å². The molecule has 114 valence electrons. The highest BCUT2D eigenvalue weighted by Gasteiger charge is 2.19. The van der Waals surface area contributed by atoms with E-state index in [0.717, 1.165) is 25.1 Å². The van der Waals surface area contributed by atoms with Crippen molar-refractivity contribution in [1.82, 2.24) is 24.8 Å². The zero-order valence-electron chi connectivity index (χ0n) is 12.6. The van der Waals surface area contributed by atoms with Crippen LogP contribution in [0.15, 0.2) is 31.1 Å². The fourth-order valence-corrected chi connectivity index (χ4v) is 2.47. The van der Waals surface area contributed by atoms with Crippen LogP contribution in [0.4, 0.5) is 0 Å². The number of carbonyl (C=O) groups is 1. The summed E-state index contributed by atoms with van der Waals surface area (Å²) in [6.45, 7) is 4.16. The summed E-state index contributed by atoms with van der Waals surface area (Å²) in [6.07, 6.45) is 12.2. The van der Waals surface area contributed by atoms with E-state index in [1.54, 1.807) is 24.9 Å². The topological polar surface area (TPSA) is 75.6 Å². The summed E-state index contributed by atoms with van der Waals surface area (Å²) in [5.41, 5.74) is 0. The minimum atomic E-state index is -0.0578. The number of nitrogens with zero attached hydrogens (tertiary/aromatic N) is 3. The van der Waals surface area contributed by atoms with Gasteiger partial charge in [0.25, 0.3) is 0 Å². The normalized spacial score (nSPS) is 13.8. The van der Waals surface area contributed by atoms with Gasteiger partial charge in [-0.15, -0.1) is 0 Å². The number of carbonyl (C=O) groups excluding carboxylic acids is 1. The molecule has 0 aromatic carbocycles. The molecule has 2 aromatic rings. The first-order valence-electron chi connectivity index (χ1n) is 7.50. The van der Waals surface area contributed by atoms with E-state index in [0.29, 0.717) is 6.42 Å². The molecular formula is C15H23N5O. The molecule has 0 aliphatic rings. The van der Waals surface area contributed by atoms with Gasteiger partial charge in [0.05, 0.1) is 12.4 Å². The lowest BCUT2D eigenvalue weighted by Crippen LogP contribution is -2.30. The van der Waals surface area contributed by atoms with Crippen molar-refractivity contribution >= 4 is 5.91 Å². The summed E-state index contributed by atoms with van der Waals surface area (Å²) < 4.78 is 2.01. The third-order valence-corrected chi connectivity index (χ3v) is 3.58. The van der Waals surface area contributed by atoms with Gasteiger partial charge in [-0.1, -0.05) is 20.3 Å². The molecule has 2 N–H and O–H groups in total. The molecule has 0 fully saturated rings. The monoisotopic (exact) mass is 289 g/mol. The van der Waals surface area contributed by atoms with Gasteiger partial charge in [0.2, 0.25) is 5.91 Å². The summed E-state index contributed by atoms with van der Waals surface area (Å²) in [7, 11) is 0. The van der Waals surface area contributed by atoms with Crippen LogP contribution < -0.4 is 5.32 Å². The molecule has 2 aromatic heterocycles. The van der Waals surface area contributed by atoms with Crippen molar-refractivity contribution < 1.29 is 4.79 Å². The van der Waals surface area contributed by atoms with E-state index in [9.17, 15) is 4.79 Å². The van der Waals surface area contributed by atoms with Crippen molar-refractivity contribution in [3.63, 3.8) is 0 Å². The van der Waals surface area contributed by atoms with Crippen LogP contribution in [0.3, 0.4) is 0 Å². The minimum absolute atomic E-state index is 0.0467. The molecule has 0 saturated heterocycles. The summed E-state index contributed by atoms with van der Waals surface area (Å²) in [6, 6.07) is 0.101. The Hall–Kier alpha value is -2.11. The Morgan fingerprint density at radius 2 is 2.29 bits per heavy atom. The van der Waals surface area contributed by atoms with Crippen molar-refractivity contribution in [2.75, 3.05) is 0 Å². The molecule has 2 rings (SSSR count). The van der Waals surface area contributed by atoms with E-state index in [1.807, 2.05) is 17.7 Å².